The van der Waals surface area contributed by atoms with Crippen LogP contribution in [0.4, 0.5) is 10.1 Å². The number of carbonyl (C=O) groups is 1. The van der Waals surface area contributed by atoms with Crippen molar-refractivity contribution < 1.29 is 13.9 Å². The first kappa shape index (κ1) is 19.4. The Morgan fingerprint density at radius 3 is 2.59 bits per heavy atom. The third-order valence-corrected chi connectivity index (χ3v) is 5.82. The molecule has 0 unspecified atom stereocenters. The molecule has 1 aliphatic rings. The molecule has 2 heterocycles. The number of allylic oxidation sites excluding steroid dienone is 1. The van der Waals surface area contributed by atoms with Crippen molar-refractivity contribution in [2.24, 2.45) is 0 Å². The molecule has 29 heavy (non-hydrogen) atoms. The maximum atomic E-state index is 13.4. The number of hydrogen-bond donors (Lipinski definition) is 1. The first-order valence-corrected chi connectivity index (χ1v) is 10.3. The Morgan fingerprint density at radius 2 is 1.90 bits per heavy atom. The Labute approximate surface area is 173 Å². The predicted molar refractivity (Wildman–Crippen MR) is 117 cm³/mol. The van der Waals surface area contributed by atoms with Crippen LogP contribution in [0.3, 0.4) is 0 Å². The van der Waals surface area contributed by atoms with E-state index >= 15 is 0 Å². The largest absolute Gasteiger partial charge is 0.457 e. The van der Waals surface area contributed by atoms with E-state index in [-0.39, 0.29) is 23.9 Å². The average molecular weight is 408 g/mol. The number of nitrogens with one attached hydrogen (secondary N) is 1. The lowest BCUT2D eigenvalue weighted by molar-refractivity contribution is 0.0479. The molecule has 1 aromatic heterocycles. The van der Waals surface area contributed by atoms with Gasteiger partial charge in [-0.3, -0.25) is 0 Å². The Kier molecular flexibility index (Phi) is 5.01. The quantitative estimate of drug-likeness (QED) is 0.501. The first-order valence-electron chi connectivity index (χ1n) is 9.44. The van der Waals surface area contributed by atoms with Gasteiger partial charge in [0.25, 0.3) is 0 Å². The topological polar surface area (TPSA) is 38.3 Å². The summed E-state index contributed by atoms with van der Waals surface area (Å²) in [4.78, 5) is 13.0. The van der Waals surface area contributed by atoms with Gasteiger partial charge in [0.15, 0.2) is 0 Å². The number of rotatable bonds is 4. The fourth-order valence-corrected chi connectivity index (χ4v) is 4.47. The molecule has 0 bridgehead atoms. The second-order valence-corrected chi connectivity index (χ2v) is 8.70. The molecular formula is C24H22FNO2S. The molecule has 0 saturated carbocycles. The van der Waals surface area contributed by atoms with E-state index in [0.29, 0.717) is 4.88 Å². The number of benzene rings is 2. The minimum absolute atomic E-state index is 0.139. The van der Waals surface area contributed by atoms with Crippen LogP contribution in [0.1, 0.15) is 41.6 Å². The first-order chi connectivity index (χ1) is 13.8. The minimum atomic E-state index is -0.339. The third kappa shape index (κ3) is 3.96. The molecule has 2 aromatic carbocycles. The SMILES string of the molecule is CC1=CC(C)(C)Nc2ccc(-c3ccc(F)cc3)c(COC(=O)c3cccs3)c21. The highest BCUT2D eigenvalue weighted by Crippen LogP contribution is 2.40. The number of halogens is 1. The van der Waals surface area contributed by atoms with Gasteiger partial charge in [-0.05, 0) is 67.1 Å². The number of ether oxygens (including phenoxy) is 1. The summed E-state index contributed by atoms with van der Waals surface area (Å²) in [5.41, 5.74) is 5.71. The third-order valence-electron chi connectivity index (χ3n) is 4.97. The summed E-state index contributed by atoms with van der Waals surface area (Å²) in [5.74, 6) is -0.620. The van der Waals surface area contributed by atoms with E-state index in [9.17, 15) is 9.18 Å². The summed E-state index contributed by atoms with van der Waals surface area (Å²) < 4.78 is 19.1. The molecule has 3 aromatic rings. The molecule has 3 nitrogen and oxygen atoms in total. The van der Waals surface area contributed by atoms with Gasteiger partial charge < -0.3 is 10.1 Å². The molecule has 0 radical (unpaired) electrons. The molecule has 0 fully saturated rings. The van der Waals surface area contributed by atoms with Crippen molar-refractivity contribution >= 4 is 28.6 Å². The van der Waals surface area contributed by atoms with E-state index in [2.05, 4.69) is 32.2 Å². The number of carbonyl (C=O) groups excluding carboxylic acids is 1. The van der Waals surface area contributed by atoms with Crippen molar-refractivity contribution in [2.45, 2.75) is 32.9 Å². The van der Waals surface area contributed by atoms with Gasteiger partial charge in [-0.25, -0.2) is 9.18 Å². The van der Waals surface area contributed by atoms with Crippen LogP contribution in [0.15, 0.2) is 60.0 Å². The van der Waals surface area contributed by atoms with Gasteiger partial charge in [0.1, 0.15) is 17.3 Å². The lowest BCUT2D eigenvalue weighted by Crippen LogP contribution is -2.32. The van der Waals surface area contributed by atoms with Crippen LogP contribution in [0.2, 0.25) is 0 Å². The smallest absolute Gasteiger partial charge is 0.348 e. The Hall–Kier alpha value is -2.92. The molecule has 5 heteroatoms. The monoisotopic (exact) mass is 407 g/mol. The molecule has 148 valence electrons. The molecule has 1 N–H and O–H groups in total. The van der Waals surface area contributed by atoms with Crippen molar-refractivity contribution in [3.05, 3.63) is 81.8 Å². The van der Waals surface area contributed by atoms with Gasteiger partial charge in [0.2, 0.25) is 0 Å². The van der Waals surface area contributed by atoms with Crippen molar-refractivity contribution in [1.29, 1.82) is 0 Å². The lowest BCUT2D eigenvalue weighted by Gasteiger charge is -2.33. The summed E-state index contributed by atoms with van der Waals surface area (Å²) in [5, 5.41) is 5.39. The van der Waals surface area contributed by atoms with E-state index in [4.69, 9.17) is 4.74 Å². The Morgan fingerprint density at radius 1 is 1.14 bits per heavy atom. The van der Waals surface area contributed by atoms with Gasteiger partial charge in [0.05, 0.1) is 5.54 Å². The summed E-state index contributed by atoms with van der Waals surface area (Å²) in [6.45, 7) is 6.44. The molecule has 0 atom stereocenters. The fraction of sp³-hybridized carbons (Fsp3) is 0.208. The second-order valence-electron chi connectivity index (χ2n) is 7.75. The molecule has 0 aliphatic carbocycles. The maximum absolute atomic E-state index is 13.4. The number of anilines is 1. The molecule has 4 rings (SSSR count). The number of esters is 1. The van der Waals surface area contributed by atoms with Gasteiger partial charge in [-0.1, -0.05) is 30.3 Å². The van der Waals surface area contributed by atoms with Crippen LogP contribution in [0.5, 0.6) is 0 Å². The second kappa shape index (κ2) is 7.48. The zero-order valence-corrected chi connectivity index (χ0v) is 17.4. The van der Waals surface area contributed by atoms with E-state index in [1.807, 2.05) is 23.6 Å². The van der Waals surface area contributed by atoms with Crippen LogP contribution in [0, 0.1) is 5.82 Å². The number of hydrogen-bond acceptors (Lipinski definition) is 4. The summed E-state index contributed by atoms with van der Waals surface area (Å²) in [6.07, 6.45) is 2.17. The van der Waals surface area contributed by atoms with Crippen molar-refractivity contribution in [3.63, 3.8) is 0 Å². The van der Waals surface area contributed by atoms with Gasteiger partial charge in [0, 0.05) is 16.8 Å². The summed E-state index contributed by atoms with van der Waals surface area (Å²) in [7, 11) is 0. The highest BCUT2D eigenvalue weighted by Gasteiger charge is 2.26. The number of thiophene rings is 1. The normalized spacial score (nSPS) is 14.6. The van der Waals surface area contributed by atoms with Crippen LogP contribution in [-0.4, -0.2) is 11.5 Å². The van der Waals surface area contributed by atoms with Crippen molar-refractivity contribution in [2.75, 3.05) is 5.32 Å². The average Bonchev–Trinajstić information content (AvgIpc) is 3.20. The minimum Gasteiger partial charge on any atom is -0.457 e. The van der Waals surface area contributed by atoms with Crippen molar-refractivity contribution in [1.82, 2.24) is 0 Å². The maximum Gasteiger partial charge on any atom is 0.348 e. The number of fused-ring (bicyclic) bond motifs is 1. The van der Waals surface area contributed by atoms with Gasteiger partial charge in [-0.15, -0.1) is 11.3 Å². The summed E-state index contributed by atoms with van der Waals surface area (Å²) >= 11 is 1.36. The summed E-state index contributed by atoms with van der Waals surface area (Å²) in [6, 6.07) is 14.0. The highest BCUT2D eigenvalue weighted by molar-refractivity contribution is 7.11. The van der Waals surface area contributed by atoms with E-state index in [1.165, 1.54) is 23.5 Å². The van der Waals surface area contributed by atoms with Crippen molar-refractivity contribution in [3.8, 4) is 11.1 Å². The fourth-order valence-electron chi connectivity index (χ4n) is 3.85. The van der Waals surface area contributed by atoms with Gasteiger partial charge >= 0.3 is 5.97 Å². The Balaban J connectivity index is 1.79. The molecule has 1 aliphatic heterocycles. The van der Waals surface area contributed by atoms with Crippen LogP contribution < -0.4 is 5.32 Å². The standard InChI is InChI=1S/C24H22FNO2S/c1-15-13-24(2,3)26-20-11-10-18(16-6-8-17(25)9-7-16)19(22(15)20)14-28-23(27)21-5-4-12-29-21/h4-13,26H,14H2,1-3H3. The van der Waals surface area contributed by atoms with E-state index < -0.39 is 0 Å². The zero-order valence-electron chi connectivity index (χ0n) is 16.6. The molecule has 0 saturated heterocycles. The van der Waals surface area contributed by atoms with Crippen LogP contribution >= 0.6 is 11.3 Å². The molecular weight excluding hydrogens is 385 g/mol. The van der Waals surface area contributed by atoms with Crippen LogP contribution in [0.25, 0.3) is 16.7 Å². The van der Waals surface area contributed by atoms with E-state index in [0.717, 1.165) is 33.5 Å². The highest BCUT2D eigenvalue weighted by atomic mass is 32.1. The predicted octanol–water partition coefficient (Wildman–Crippen LogP) is 6.52. The van der Waals surface area contributed by atoms with Crippen LogP contribution in [-0.2, 0) is 11.3 Å². The van der Waals surface area contributed by atoms with E-state index in [1.54, 1.807) is 18.2 Å². The Bertz CT molecular complexity index is 1080. The molecule has 0 spiro atoms. The lowest BCUT2D eigenvalue weighted by atomic mass is 9.85. The van der Waals surface area contributed by atoms with Gasteiger partial charge in [-0.2, -0.15) is 0 Å². The molecule has 0 amide bonds. The zero-order chi connectivity index (χ0) is 20.6.